The molecule has 7 atom stereocenters. The molecule has 0 spiro atoms. The molecule has 13 rings (SSSR count). The maximum Gasteiger partial charge on any atom is 1.00 e. The first kappa shape index (κ1) is 114. The minimum Gasteiger partial charge on any atom is -1.00 e. The van der Waals surface area contributed by atoms with Gasteiger partial charge in [0.2, 0.25) is 0 Å². The van der Waals surface area contributed by atoms with Crippen molar-refractivity contribution in [1.82, 2.24) is 44.9 Å². The molecule has 0 aliphatic carbocycles. The molecule has 0 saturated carbocycles. The number of thiol groups is 1. The summed E-state index contributed by atoms with van der Waals surface area (Å²) in [6, 6.07) is 45.4. The number of carbonyl (C=O) groups is 11. The van der Waals surface area contributed by atoms with E-state index in [0.29, 0.717) is 49.2 Å². The maximum atomic E-state index is 12.7. The minimum absolute atomic E-state index is 0. The van der Waals surface area contributed by atoms with Gasteiger partial charge in [-0.2, -0.15) is 22.8 Å². The predicted molar refractivity (Wildman–Crippen MR) is 507 cm³/mol. The second-order valence-corrected chi connectivity index (χ2v) is 36.4. The van der Waals surface area contributed by atoms with Gasteiger partial charge in [-0.05, 0) is 176 Å². The summed E-state index contributed by atoms with van der Waals surface area (Å²) < 4.78 is 38.1. The zero-order valence-corrected chi connectivity index (χ0v) is 81.0. The Bertz CT molecular complexity index is 4660. The summed E-state index contributed by atoms with van der Waals surface area (Å²) in [7, 11) is 0. The van der Waals surface area contributed by atoms with E-state index in [4.69, 9.17) is 57.6 Å². The van der Waals surface area contributed by atoms with Gasteiger partial charge in [-0.1, -0.05) is 159 Å². The molecule has 5 aromatic carbocycles. The Morgan fingerprint density at radius 3 is 1.28 bits per heavy atom. The molecule has 4 saturated heterocycles. The minimum atomic E-state index is -0.835. The van der Waals surface area contributed by atoms with Crippen LogP contribution in [0.3, 0.4) is 0 Å². The van der Waals surface area contributed by atoms with Crippen molar-refractivity contribution >= 4 is 88.9 Å². The van der Waals surface area contributed by atoms with Crippen LogP contribution < -0.4 is 18.9 Å². The van der Waals surface area contributed by atoms with E-state index in [0.717, 1.165) is 71.1 Å². The molecule has 4 fully saturated rings. The van der Waals surface area contributed by atoms with Crippen LogP contribution in [0.15, 0.2) is 152 Å². The van der Waals surface area contributed by atoms with Crippen molar-refractivity contribution in [2.24, 2.45) is 11.8 Å². The maximum absolute atomic E-state index is 12.7. The first-order valence-electron chi connectivity index (χ1n) is 43.8. The number of aromatic nitrogens is 4. The number of amides is 5. The van der Waals surface area contributed by atoms with Crippen molar-refractivity contribution in [3.8, 4) is 22.5 Å². The third-order valence-electron chi connectivity index (χ3n) is 19.9. The Morgan fingerprint density at radius 1 is 0.508 bits per heavy atom. The van der Waals surface area contributed by atoms with Gasteiger partial charge in [0.1, 0.15) is 51.3 Å². The molecule has 5 amide bonds. The largest absolute Gasteiger partial charge is 1.00 e. The van der Waals surface area contributed by atoms with E-state index in [9.17, 15) is 52.7 Å². The molecule has 7 aromatic rings. The van der Waals surface area contributed by atoms with Crippen LogP contribution in [0.25, 0.3) is 22.5 Å². The van der Waals surface area contributed by atoms with Crippen molar-refractivity contribution in [2.45, 2.75) is 269 Å². The van der Waals surface area contributed by atoms with Crippen LogP contribution in [0.1, 0.15) is 255 Å². The fourth-order valence-corrected chi connectivity index (χ4v) is 14.1. The van der Waals surface area contributed by atoms with E-state index >= 15 is 0 Å². The zero-order chi connectivity index (χ0) is 96.9. The third kappa shape index (κ3) is 38.2. The van der Waals surface area contributed by atoms with E-state index in [1.807, 2.05) is 162 Å². The Balaban J connectivity index is 0.00000154. The summed E-state index contributed by atoms with van der Waals surface area (Å²) in [6.07, 6.45) is 3.69. The molecule has 6 aliphatic heterocycles. The number of aromatic amines is 2. The molecule has 7 unspecified atom stereocenters. The number of carbonyl (C=O) groups excluding carboxylic acids is 11. The number of aliphatic hydroxyl groups is 1. The van der Waals surface area contributed by atoms with Crippen LogP contribution in [-0.2, 0) is 62.2 Å². The second kappa shape index (κ2) is 55.1. The number of fused-ring (bicyclic) bond motifs is 2. The summed E-state index contributed by atoms with van der Waals surface area (Å²) in [5, 5.41) is 22.4. The zero-order valence-electron chi connectivity index (χ0n) is 81.3. The van der Waals surface area contributed by atoms with Gasteiger partial charge in [-0.25, -0.2) is 35.0 Å². The fourth-order valence-electron chi connectivity index (χ4n) is 13.9. The molecule has 6 aliphatic rings. The van der Waals surface area contributed by atoms with Crippen molar-refractivity contribution in [1.29, 1.82) is 11.1 Å². The molecular weight excluding hydrogens is 1690 g/mol. The Labute approximate surface area is 795 Å². The van der Waals surface area contributed by atoms with Crippen molar-refractivity contribution in [3.05, 3.63) is 191 Å². The average Bonchev–Trinajstić information content (AvgIpc) is 1.66. The number of nitrogens with zero attached hydrogens (tertiary/aromatic N) is 7. The van der Waals surface area contributed by atoms with Gasteiger partial charge >= 0.3 is 49.3 Å². The molecule has 130 heavy (non-hydrogen) atoms. The molecular formula is C98H143ClLiN11O18S. The molecule has 712 valence electrons. The number of H-pyrrole nitrogens is 2. The number of rotatable bonds is 7. The van der Waals surface area contributed by atoms with Crippen LogP contribution in [0.5, 0.6) is 0 Å². The number of ether oxygens (including phenoxy) is 6. The van der Waals surface area contributed by atoms with Crippen LogP contribution in [0.2, 0.25) is 0 Å². The van der Waals surface area contributed by atoms with Crippen molar-refractivity contribution in [3.63, 3.8) is 0 Å². The van der Waals surface area contributed by atoms with Gasteiger partial charge in [0.15, 0.2) is 11.6 Å². The molecule has 5 N–H and O–H groups in total. The first-order chi connectivity index (χ1) is 60.5. The first-order valence-corrected chi connectivity index (χ1v) is 44.1. The standard InChI is InChI=1S/2C18H23N3O2.2C18H23NO4.C11H19NO3.C7H5ClO.C4H8O.C2H6O.CH4S.CH4.Li.H2N2.H2.H/c1-12-10-15-14(11-21(12)17(22)23-18(2,3)4)16(20-19-15)13-8-6-5-7-9-13;1-12-15-14(10-11-21(12)17(22)23-18(2,3)4)19-20-16(15)13-8-6-5-7-9-13;1-12-10-15(20)14(16(21)13-8-6-5-7-9-13)11-19(12)17(22)23-18(2,3)4;1-12-15(16(21)13-8-6-5-7-9-13)14(20)10-11-19(12)17(22)23-18(2,3)4;1-8-7-9(13)5-6-12(8)10(14)15-11(2,3)4;8-7(9)6-4-2-1-3-5-6;1-2-4-5-3-1;1-2-3;1-2;;;1-2;;/h2*5-9,12H,10-11H2,1-4H3,(H,19,20);5-9,12,14H,10-11H2,1-4H3;5-9,12,15H,10-11H2,1-4H3;8H,5-7H2,1-4H3;1-5H;1-4H2;3H,2H2,1H3;2H,1H3;1H4;;1-2H;1H;/q;;;;;;;;;;+1;;;-1/i;;;;;;;;1D;;;;;. The normalized spacial score (nSPS) is 18.5. The number of piperidine rings is 3. The number of ketones is 5. The number of halogens is 1. The number of aliphatic hydroxyl groups excluding tert-OH is 1. The van der Waals surface area contributed by atoms with E-state index in [1.165, 1.54) is 22.6 Å². The molecule has 0 bridgehead atoms. The smallest absolute Gasteiger partial charge is 1.00 e. The number of nitrogens with one attached hydrogen (secondary N) is 4. The number of hydrogen-bond donors (Lipinski definition) is 6. The van der Waals surface area contributed by atoms with Gasteiger partial charge in [0.25, 0.3) is 5.24 Å². The Hall–Kier alpha value is -10.4. The number of benzene rings is 5. The van der Waals surface area contributed by atoms with E-state index < -0.39 is 63.3 Å². The average molecular weight is 1840 g/mol. The topological polar surface area (TPSA) is 385 Å². The number of hydrogen-bond acceptors (Lipinski definition) is 23. The van der Waals surface area contributed by atoms with Gasteiger partial charge < -0.3 is 59.5 Å². The van der Waals surface area contributed by atoms with Gasteiger partial charge in [-0.3, -0.25) is 39.0 Å². The fraction of sp³-hybridized carbons (Fsp3) is 0.520. The second-order valence-electron chi connectivity index (χ2n) is 36.1. The van der Waals surface area contributed by atoms with Gasteiger partial charge in [0, 0.05) is 162 Å². The predicted octanol–water partition coefficient (Wildman–Crippen LogP) is 17.8. The monoisotopic (exact) mass is 1840 g/mol. The third-order valence-corrected chi connectivity index (χ3v) is 20.1. The van der Waals surface area contributed by atoms with Crippen molar-refractivity contribution < 1.29 is 109 Å². The van der Waals surface area contributed by atoms with Gasteiger partial charge in [0.05, 0.1) is 29.9 Å². The van der Waals surface area contributed by atoms with E-state index in [2.05, 4.69) is 33.0 Å². The molecule has 32 heteroatoms. The SMILES string of the molecule is C.C1CCOC1.CC1C(C(=O)c2ccccc2)C(=O)CCN1C(=O)OC(C)(C)C.CC1CC(=O)C(C(=O)c2ccccc2)CN1C(=O)OC(C)(C)C.CC1CC(=O)CCN1C(=O)OC(C)(C)C.CC1Cc2[nH]nc(-c3ccccc3)c2CN1C(=O)OC(C)(C)C.CC1c2c(-c3ccccc3)n[nH]c2CCN1C(=O)OC(C)(C)C.CCO.N=N.O=C(Cl)c1ccccc1.[2H]CS.[H-].[HH].[Li+]. The number of Topliss-reactive ketones (excluding diaryl/α,β-unsaturated/α-hetero) is 5. The summed E-state index contributed by atoms with van der Waals surface area (Å²) >= 11 is 8.62. The van der Waals surface area contributed by atoms with E-state index in [1.54, 1.807) is 150 Å². The van der Waals surface area contributed by atoms with Crippen LogP contribution in [-0.4, -0.2) is 219 Å². The molecule has 8 heterocycles. The van der Waals surface area contributed by atoms with Crippen molar-refractivity contribution in [2.75, 3.05) is 52.2 Å². The molecule has 0 radical (unpaired) electrons. The number of likely N-dealkylation sites (tertiary alicyclic amines) is 3. The Kier molecular flexibility index (Phi) is 48.2. The summed E-state index contributed by atoms with van der Waals surface area (Å²) in [6.45, 7) is 43.0. The van der Waals surface area contributed by atoms with E-state index in [-0.39, 0.29) is 139 Å². The van der Waals surface area contributed by atoms with Crippen LogP contribution >= 0.6 is 24.2 Å². The Morgan fingerprint density at radius 2 is 0.862 bits per heavy atom. The summed E-state index contributed by atoms with van der Waals surface area (Å²) in [5.41, 5.74) is 17.2. The van der Waals surface area contributed by atoms with Gasteiger partial charge in [-0.15, -0.1) is 0 Å². The summed E-state index contributed by atoms with van der Waals surface area (Å²) in [4.78, 5) is 141. The van der Waals surface area contributed by atoms with Crippen LogP contribution in [0, 0.1) is 22.9 Å². The summed E-state index contributed by atoms with van der Waals surface area (Å²) in [5.74, 6) is -2.15. The molecule has 29 nitrogen and oxygen atoms in total. The quantitative estimate of drug-likeness (QED) is 0.0164. The molecule has 2 aromatic heterocycles. The van der Waals surface area contributed by atoms with Crippen LogP contribution in [0.4, 0.5) is 24.0 Å².